The number of rotatable bonds is 34. The van der Waals surface area contributed by atoms with Gasteiger partial charge in [-0.2, -0.15) is 0 Å². The molecule has 0 amide bonds. The largest absolute Gasteiger partial charge is 0.392 e. The van der Waals surface area contributed by atoms with Gasteiger partial charge in [0.15, 0.2) is 0 Å². The number of nitrogens with one attached hydrogen (secondary N) is 1. The second-order valence-corrected chi connectivity index (χ2v) is 12.9. The molecule has 4 heteroatoms. The van der Waals surface area contributed by atoms with E-state index in [4.69, 9.17) is 0 Å². The first-order chi connectivity index (χ1) is 19.6. The number of unbranched alkanes of at least 4 members (excludes halogenated alkanes) is 22. The summed E-state index contributed by atoms with van der Waals surface area (Å²) in [5, 5.41) is 24.6. The number of nitrogens with zero attached hydrogens (tertiary/aromatic N) is 1. The lowest BCUT2D eigenvalue weighted by Crippen LogP contribution is -2.39. The van der Waals surface area contributed by atoms with Gasteiger partial charge < -0.3 is 15.5 Å². The molecule has 0 aromatic heterocycles. The van der Waals surface area contributed by atoms with Gasteiger partial charge in [0.05, 0.1) is 12.2 Å². The van der Waals surface area contributed by atoms with E-state index in [1.165, 1.54) is 141 Å². The lowest BCUT2D eigenvalue weighted by molar-refractivity contribution is 0.0600. The molecule has 242 valence electrons. The highest BCUT2D eigenvalue weighted by molar-refractivity contribution is 4.70. The third kappa shape index (κ3) is 30.8. The molecule has 4 nitrogen and oxygen atoms in total. The van der Waals surface area contributed by atoms with Crippen LogP contribution < -0.4 is 5.32 Å². The van der Waals surface area contributed by atoms with Crippen LogP contribution in [0.25, 0.3) is 0 Å². The fraction of sp³-hybridized carbons (Fsp3) is 1.00. The lowest BCUT2D eigenvalue weighted by atomic mass is 10.0. The van der Waals surface area contributed by atoms with E-state index in [0.29, 0.717) is 13.1 Å². The van der Waals surface area contributed by atoms with Crippen molar-refractivity contribution >= 4 is 0 Å². The quantitative estimate of drug-likeness (QED) is 0.0676. The van der Waals surface area contributed by atoms with Gasteiger partial charge in [-0.1, -0.05) is 168 Å². The van der Waals surface area contributed by atoms with Crippen molar-refractivity contribution in [2.45, 2.75) is 199 Å². The van der Waals surface area contributed by atoms with Crippen LogP contribution in [0.1, 0.15) is 187 Å². The van der Waals surface area contributed by atoms with E-state index < -0.39 is 0 Å². The normalized spacial score (nSPS) is 13.3. The predicted octanol–water partition coefficient (Wildman–Crippen LogP) is 9.80. The molecule has 0 spiro atoms. The summed E-state index contributed by atoms with van der Waals surface area (Å²) in [5.41, 5.74) is 0. The number of aliphatic hydroxyl groups is 2. The van der Waals surface area contributed by atoms with Gasteiger partial charge >= 0.3 is 0 Å². The van der Waals surface area contributed by atoms with E-state index in [9.17, 15) is 10.2 Å². The summed E-state index contributed by atoms with van der Waals surface area (Å²) in [6.45, 7) is 7.92. The molecular formula is C36H76N2O2. The van der Waals surface area contributed by atoms with Crippen molar-refractivity contribution in [3.8, 4) is 0 Å². The Morgan fingerprint density at radius 2 is 0.750 bits per heavy atom. The summed E-state index contributed by atoms with van der Waals surface area (Å²) < 4.78 is 0. The molecular weight excluding hydrogens is 492 g/mol. The Kier molecular flexibility index (Phi) is 33.2. The molecule has 0 radical (unpaired) electrons. The third-order valence-electron chi connectivity index (χ3n) is 8.62. The summed E-state index contributed by atoms with van der Waals surface area (Å²) in [7, 11) is 2.00. The van der Waals surface area contributed by atoms with Crippen molar-refractivity contribution in [1.29, 1.82) is 0 Å². The first-order valence-electron chi connectivity index (χ1n) is 18.4. The smallest absolute Gasteiger partial charge is 0.0667 e. The Hall–Kier alpha value is -0.160. The predicted molar refractivity (Wildman–Crippen MR) is 178 cm³/mol. The summed E-state index contributed by atoms with van der Waals surface area (Å²) in [4.78, 5) is 2.31. The van der Waals surface area contributed by atoms with Crippen LogP contribution >= 0.6 is 0 Å². The van der Waals surface area contributed by atoms with Gasteiger partial charge in [0, 0.05) is 13.1 Å². The highest BCUT2D eigenvalue weighted by atomic mass is 16.3. The van der Waals surface area contributed by atoms with Crippen LogP contribution in [0.3, 0.4) is 0 Å². The number of hydrogen-bond acceptors (Lipinski definition) is 4. The Labute approximate surface area is 252 Å². The summed E-state index contributed by atoms with van der Waals surface area (Å²) in [5.74, 6) is 0. The highest BCUT2D eigenvalue weighted by Gasteiger charge is 2.15. The van der Waals surface area contributed by atoms with Crippen LogP contribution in [0, 0.1) is 0 Å². The van der Waals surface area contributed by atoms with Crippen molar-refractivity contribution in [2.75, 3.05) is 33.2 Å². The first-order valence-corrected chi connectivity index (χ1v) is 18.4. The van der Waals surface area contributed by atoms with E-state index in [1.54, 1.807) is 0 Å². The second-order valence-electron chi connectivity index (χ2n) is 12.9. The third-order valence-corrected chi connectivity index (χ3v) is 8.62. The van der Waals surface area contributed by atoms with E-state index in [2.05, 4.69) is 24.1 Å². The maximum atomic E-state index is 10.7. The Morgan fingerprint density at radius 3 is 1.05 bits per heavy atom. The molecule has 0 aliphatic rings. The Bertz CT molecular complexity index is 426. The van der Waals surface area contributed by atoms with Crippen molar-refractivity contribution < 1.29 is 10.2 Å². The van der Waals surface area contributed by atoms with Gasteiger partial charge in [0.1, 0.15) is 0 Å². The van der Waals surface area contributed by atoms with Crippen LogP contribution in [0.5, 0.6) is 0 Å². The maximum absolute atomic E-state index is 10.7. The van der Waals surface area contributed by atoms with Gasteiger partial charge in [-0.05, 0) is 39.4 Å². The van der Waals surface area contributed by atoms with Gasteiger partial charge in [-0.25, -0.2) is 0 Å². The SMILES string of the molecule is CCCCCCCCCCCCCCC(O)CN(CCCNC)CC(O)CCCCCCCCCCCCCC. The van der Waals surface area contributed by atoms with Crippen LogP contribution in [0.15, 0.2) is 0 Å². The van der Waals surface area contributed by atoms with Gasteiger partial charge in [-0.15, -0.1) is 0 Å². The van der Waals surface area contributed by atoms with Gasteiger partial charge in [-0.3, -0.25) is 4.90 Å². The minimum Gasteiger partial charge on any atom is -0.392 e. The molecule has 0 saturated carbocycles. The zero-order chi connectivity index (χ0) is 29.4. The number of aliphatic hydroxyl groups excluding tert-OH is 2. The molecule has 0 bridgehead atoms. The fourth-order valence-electron chi connectivity index (χ4n) is 5.96. The molecule has 3 N–H and O–H groups in total. The minimum absolute atomic E-state index is 0.267. The molecule has 2 atom stereocenters. The highest BCUT2D eigenvalue weighted by Crippen LogP contribution is 2.15. The van der Waals surface area contributed by atoms with E-state index in [1.807, 2.05) is 7.05 Å². The van der Waals surface area contributed by atoms with Crippen LogP contribution in [-0.4, -0.2) is 60.5 Å². The van der Waals surface area contributed by atoms with E-state index in [0.717, 1.165) is 45.2 Å². The maximum Gasteiger partial charge on any atom is 0.0667 e. The number of hydrogen-bond donors (Lipinski definition) is 3. The topological polar surface area (TPSA) is 55.7 Å². The van der Waals surface area contributed by atoms with Gasteiger partial charge in [0.2, 0.25) is 0 Å². The Balaban J connectivity index is 3.85. The molecule has 40 heavy (non-hydrogen) atoms. The zero-order valence-corrected chi connectivity index (χ0v) is 27.9. The van der Waals surface area contributed by atoms with Crippen molar-refractivity contribution in [3.05, 3.63) is 0 Å². The van der Waals surface area contributed by atoms with Crippen molar-refractivity contribution in [2.24, 2.45) is 0 Å². The molecule has 0 aliphatic carbocycles. The monoisotopic (exact) mass is 569 g/mol. The van der Waals surface area contributed by atoms with E-state index in [-0.39, 0.29) is 12.2 Å². The summed E-state index contributed by atoms with van der Waals surface area (Å²) >= 11 is 0. The van der Waals surface area contributed by atoms with Crippen LogP contribution in [-0.2, 0) is 0 Å². The van der Waals surface area contributed by atoms with Gasteiger partial charge in [0.25, 0.3) is 0 Å². The molecule has 0 heterocycles. The Morgan fingerprint density at radius 1 is 0.450 bits per heavy atom. The molecule has 0 fully saturated rings. The fourth-order valence-corrected chi connectivity index (χ4v) is 5.96. The molecule has 0 rings (SSSR count). The summed E-state index contributed by atoms with van der Waals surface area (Å²) in [6.07, 6.45) is 34.8. The molecule has 0 aliphatic heterocycles. The average molecular weight is 569 g/mol. The first kappa shape index (κ1) is 39.8. The minimum atomic E-state index is -0.267. The lowest BCUT2D eigenvalue weighted by Gasteiger charge is -2.27. The summed E-state index contributed by atoms with van der Waals surface area (Å²) in [6, 6.07) is 0. The van der Waals surface area contributed by atoms with E-state index >= 15 is 0 Å². The standard InChI is InChI=1S/C36H76N2O2/c1-4-6-8-10-12-14-16-18-20-22-24-26-29-35(39)33-38(32-28-31-37-3)34-36(40)30-27-25-23-21-19-17-15-13-11-9-7-5-2/h35-37,39-40H,4-34H2,1-3H3. The van der Waals surface area contributed by atoms with Crippen molar-refractivity contribution in [3.63, 3.8) is 0 Å². The molecule has 2 unspecified atom stereocenters. The van der Waals surface area contributed by atoms with Crippen LogP contribution in [0.2, 0.25) is 0 Å². The van der Waals surface area contributed by atoms with Crippen LogP contribution in [0.4, 0.5) is 0 Å². The van der Waals surface area contributed by atoms with Crippen molar-refractivity contribution in [1.82, 2.24) is 10.2 Å². The second kappa shape index (κ2) is 33.3. The zero-order valence-electron chi connectivity index (χ0n) is 27.9. The molecule has 0 aromatic rings. The molecule has 0 saturated heterocycles. The average Bonchev–Trinajstić information content (AvgIpc) is 2.94. The molecule has 0 aromatic carbocycles.